The highest BCUT2D eigenvalue weighted by Gasteiger charge is 2.48. The van der Waals surface area contributed by atoms with E-state index in [1.54, 1.807) is 6.26 Å². The molecule has 2 aliphatic heterocycles. The zero-order chi connectivity index (χ0) is 20.8. The lowest BCUT2D eigenvalue weighted by Gasteiger charge is -2.39. The number of benzene rings is 1. The van der Waals surface area contributed by atoms with E-state index >= 15 is 0 Å². The van der Waals surface area contributed by atoms with Crippen LogP contribution < -0.4 is 10.1 Å². The largest absolute Gasteiger partial charge is 0.496 e. The monoisotopic (exact) mass is 430 g/mol. The van der Waals surface area contributed by atoms with Crippen LogP contribution in [-0.4, -0.2) is 62.6 Å². The maximum atomic E-state index is 13.2. The molecular formula is C20H25F3N2O3S. The summed E-state index contributed by atoms with van der Waals surface area (Å²) in [5.74, 6) is 1.07. The topological polar surface area (TPSA) is 50.8 Å². The van der Waals surface area contributed by atoms with Crippen LogP contribution in [0.5, 0.6) is 5.75 Å². The zero-order valence-corrected chi connectivity index (χ0v) is 17.2. The Morgan fingerprint density at radius 2 is 2.03 bits per heavy atom. The number of piperidine rings is 1. The lowest BCUT2D eigenvalue weighted by Crippen LogP contribution is -2.56. The lowest BCUT2D eigenvalue weighted by molar-refractivity contribution is -0.137. The van der Waals surface area contributed by atoms with Crippen LogP contribution in [0.25, 0.3) is 0 Å². The van der Waals surface area contributed by atoms with Gasteiger partial charge in [-0.2, -0.15) is 13.2 Å². The minimum Gasteiger partial charge on any atom is -0.496 e. The molecule has 0 aromatic heterocycles. The van der Waals surface area contributed by atoms with Gasteiger partial charge < -0.3 is 14.8 Å². The first-order valence-electron chi connectivity index (χ1n) is 9.77. The second kappa shape index (κ2) is 8.00. The molecule has 160 valence electrons. The molecule has 1 saturated carbocycles. The van der Waals surface area contributed by atoms with Gasteiger partial charge in [-0.25, -0.2) is 0 Å². The summed E-state index contributed by atoms with van der Waals surface area (Å²) >= 11 is 1.10. The van der Waals surface area contributed by atoms with E-state index < -0.39 is 17.6 Å². The smallest absolute Gasteiger partial charge is 0.416 e. The van der Waals surface area contributed by atoms with Gasteiger partial charge in [0, 0.05) is 30.6 Å². The molecule has 1 N–H and O–H groups in total. The first-order chi connectivity index (χ1) is 13.8. The summed E-state index contributed by atoms with van der Waals surface area (Å²) in [5, 5.41) is 3.02. The molecule has 4 rings (SSSR count). The summed E-state index contributed by atoms with van der Waals surface area (Å²) in [5.41, 5.74) is -0.688. The number of hydrogen-bond acceptors (Lipinski definition) is 5. The summed E-state index contributed by atoms with van der Waals surface area (Å²) < 4.78 is 50.4. The molecule has 1 unspecified atom stereocenters. The van der Waals surface area contributed by atoms with Gasteiger partial charge in [0.25, 0.3) is 5.91 Å². The molecule has 5 nitrogen and oxygen atoms in total. The van der Waals surface area contributed by atoms with E-state index in [1.165, 1.54) is 13.5 Å². The molecule has 29 heavy (non-hydrogen) atoms. The lowest BCUT2D eigenvalue weighted by atomic mass is 10.0. The van der Waals surface area contributed by atoms with Crippen molar-refractivity contribution in [1.29, 1.82) is 0 Å². The molecule has 1 aliphatic carbocycles. The number of halogens is 3. The molecule has 1 aromatic carbocycles. The molecule has 2 saturated heterocycles. The Hall–Kier alpha value is -1.45. The van der Waals surface area contributed by atoms with Gasteiger partial charge in [0.2, 0.25) is 0 Å². The summed E-state index contributed by atoms with van der Waals surface area (Å²) in [6.45, 7) is 3.17. The number of nitrogens with one attached hydrogen (secondary N) is 1. The third-order valence-corrected chi connectivity index (χ3v) is 6.93. The standard InChI is InChI=1S/C20H25F3N2O3S/c1-27-16-6-13(20(21,22)23)7-17(29-2)18(16)19(26)24-14-10-28-4-3-15(14)25-8-11-5-12(11)9-25/h6-7,11-12,14-15H,3-5,8-10H2,1-2H3,(H,24,26)/t11-,12+,14-,15?/m1/s1. The number of alkyl halides is 3. The Bertz CT molecular complexity index is 754. The predicted octanol–water partition coefficient (Wildman–Crippen LogP) is 3.27. The van der Waals surface area contributed by atoms with Gasteiger partial charge in [-0.1, -0.05) is 0 Å². The van der Waals surface area contributed by atoms with E-state index in [1.807, 2.05) is 0 Å². The van der Waals surface area contributed by atoms with E-state index in [4.69, 9.17) is 9.47 Å². The van der Waals surface area contributed by atoms with Crippen molar-refractivity contribution in [1.82, 2.24) is 10.2 Å². The fraction of sp³-hybridized carbons (Fsp3) is 0.650. The minimum atomic E-state index is -4.51. The van der Waals surface area contributed by atoms with Crippen molar-refractivity contribution >= 4 is 17.7 Å². The highest BCUT2D eigenvalue weighted by molar-refractivity contribution is 7.98. The molecule has 3 fully saturated rings. The number of amides is 1. The Kier molecular flexibility index (Phi) is 5.74. The molecule has 1 amide bonds. The summed E-state index contributed by atoms with van der Waals surface area (Å²) in [6.07, 6.45) is -0.721. The number of ether oxygens (including phenoxy) is 2. The van der Waals surface area contributed by atoms with Gasteiger partial charge in [0.1, 0.15) is 5.75 Å². The normalized spacial score (nSPS) is 29.4. The van der Waals surface area contributed by atoms with Crippen LogP contribution in [0.3, 0.4) is 0 Å². The third-order valence-electron chi connectivity index (χ3n) is 6.17. The number of thioether (sulfide) groups is 1. The van der Waals surface area contributed by atoms with E-state index in [0.29, 0.717) is 13.2 Å². The molecule has 1 aromatic rings. The number of methoxy groups -OCH3 is 1. The fourth-order valence-electron chi connectivity index (χ4n) is 4.55. The molecule has 0 radical (unpaired) electrons. The van der Waals surface area contributed by atoms with E-state index in [2.05, 4.69) is 10.2 Å². The number of likely N-dealkylation sites (tertiary alicyclic amines) is 1. The highest BCUT2D eigenvalue weighted by Crippen LogP contribution is 2.46. The Morgan fingerprint density at radius 1 is 1.31 bits per heavy atom. The van der Waals surface area contributed by atoms with E-state index in [-0.39, 0.29) is 28.3 Å². The van der Waals surface area contributed by atoms with Gasteiger partial charge in [0.05, 0.1) is 30.9 Å². The average molecular weight is 430 g/mol. The highest BCUT2D eigenvalue weighted by atomic mass is 32.2. The van der Waals surface area contributed by atoms with Crippen molar-refractivity contribution < 1.29 is 27.4 Å². The molecule has 9 heteroatoms. The molecule has 4 atom stereocenters. The second-order valence-corrected chi connectivity index (χ2v) is 8.82. The number of hydrogen-bond donors (Lipinski definition) is 1. The number of nitrogens with zero attached hydrogens (tertiary/aromatic N) is 1. The van der Waals surface area contributed by atoms with Gasteiger partial charge in [-0.3, -0.25) is 9.69 Å². The molecule has 0 bridgehead atoms. The van der Waals surface area contributed by atoms with Crippen LogP contribution in [0.2, 0.25) is 0 Å². The van der Waals surface area contributed by atoms with Crippen molar-refractivity contribution in [2.24, 2.45) is 11.8 Å². The van der Waals surface area contributed by atoms with Crippen LogP contribution in [0.4, 0.5) is 13.2 Å². The van der Waals surface area contributed by atoms with Crippen molar-refractivity contribution in [3.8, 4) is 5.75 Å². The third kappa shape index (κ3) is 4.22. The van der Waals surface area contributed by atoms with E-state index in [0.717, 1.165) is 55.2 Å². The van der Waals surface area contributed by atoms with Crippen LogP contribution in [0.1, 0.15) is 28.8 Å². The van der Waals surface area contributed by atoms with Crippen molar-refractivity contribution in [2.45, 2.75) is 36.0 Å². The Morgan fingerprint density at radius 3 is 2.66 bits per heavy atom. The molecular weight excluding hydrogens is 405 g/mol. The van der Waals surface area contributed by atoms with Gasteiger partial charge in [0.15, 0.2) is 0 Å². The van der Waals surface area contributed by atoms with Crippen molar-refractivity contribution in [3.05, 3.63) is 23.3 Å². The summed E-state index contributed by atoms with van der Waals surface area (Å²) in [4.78, 5) is 15.8. The first kappa shape index (κ1) is 20.8. The SMILES string of the molecule is COc1cc(C(F)(F)F)cc(SC)c1C(=O)N[C@@H]1COCCC1N1C[C@H]2C[C@H]2C1. The minimum absolute atomic E-state index is 0.0719. The number of carbonyl (C=O) groups excluding carboxylic acids is 1. The fourth-order valence-corrected chi connectivity index (χ4v) is 5.19. The predicted molar refractivity (Wildman–Crippen MR) is 103 cm³/mol. The maximum Gasteiger partial charge on any atom is 0.416 e. The average Bonchev–Trinajstić information content (AvgIpc) is 3.31. The van der Waals surface area contributed by atoms with Crippen molar-refractivity contribution in [3.63, 3.8) is 0 Å². The van der Waals surface area contributed by atoms with Crippen LogP contribution in [-0.2, 0) is 10.9 Å². The molecule has 3 aliphatic rings. The molecule has 0 spiro atoms. The van der Waals surface area contributed by atoms with Crippen LogP contribution in [0.15, 0.2) is 17.0 Å². The number of rotatable bonds is 5. The zero-order valence-electron chi connectivity index (χ0n) is 16.4. The van der Waals surface area contributed by atoms with Gasteiger partial charge >= 0.3 is 6.18 Å². The molecule has 2 heterocycles. The number of carbonyl (C=O) groups is 1. The Labute approximate surface area is 172 Å². The quantitative estimate of drug-likeness (QED) is 0.727. The second-order valence-electron chi connectivity index (χ2n) is 7.97. The van der Waals surface area contributed by atoms with E-state index in [9.17, 15) is 18.0 Å². The Balaban J connectivity index is 1.56. The van der Waals surface area contributed by atoms with Gasteiger partial charge in [-0.15, -0.1) is 11.8 Å². The first-order valence-corrected chi connectivity index (χ1v) is 11.0. The number of fused-ring (bicyclic) bond motifs is 1. The van der Waals surface area contributed by atoms with Crippen molar-refractivity contribution in [2.75, 3.05) is 39.7 Å². The van der Waals surface area contributed by atoms with Gasteiger partial charge in [-0.05, 0) is 43.1 Å². The van der Waals surface area contributed by atoms with Crippen LogP contribution in [0, 0.1) is 11.8 Å². The summed E-state index contributed by atoms with van der Waals surface area (Å²) in [7, 11) is 1.28. The van der Waals surface area contributed by atoms with Crippen LogP contribution >= 0.6 is 11.8 Å². The summed E-state index contributed by atoms with van der Waals surface area (Å²) in [6, 6.07) is 1.89. The maximum absolute atomic E-state index is 13.2.